The Labute approximate surface area is 188 Å². The van der Waals surface area contributed by atoms with E-state index in [9.17, 15) is 4.79 Å². The highest BCUT2D eigenvalue weighted by Gasteiger charge is 2.47. The lowest BCUT2D eigenvalue weighted by atomic mass is 9.89. The summed E-state index contributed by atoms with van der Waals surface area (Å²) in [5.41, 5.74) is 3.81. The third-order valence-corrected chi connectivity index (χ3v) is 6.31. The molecule has 0 spiro atoms. The molecule has 1 aromatic heterocycles. The van der Waals surface area contributed by atoms with Crippen molar-refractivity contribution >= 4 is 41.8 Å². The summed E-state index contributed by atoms with van der Waals surface area (Å²) in [7, 11) is 3.87. The molecule has 0 saturated carbocycles. The second-order valence-electron chi connectivity index (χ2n) is 7.93. The van der Waals surface area contributed by atoms with Gasteiger partial charge in [0.1, 0.15) is 5.75 Å². The van der Waals surface area contributed by atoms with Crippen LogP contribution in [0.1, 0.15) is 22.0 Å². The molecule has 8 heteroatoms. The van der Waals surface area contributed by atoms with Crippen LogP contribution in [-0.4, -0.2) is 59.5 Å². The third kappa shape index (κ3) is 3.75. The van der Waals surface area contributed by atoms with Crippen LogP contribution < -0.4 is 4.74 Å². The molecular formula is C22H26Cl2N4O2. The summed E-state index contributed by atoms with van der Waals surface area (Å²) >= 11 is 0. The Morgan fingerprint density at radius 2 is 1.87 bits per heavy atom. The Morgan fingerprint density at radius 1 is 1.10 bits per heavy atom. The molecule has 0 radical (unpaired) electrons. The molecule has 2 fully saturated rings. The second-order valence-corrected chi connectivity index (χ2v) is 7.93. The van der Waals surface area contributed by atoms with Crippen molar-refractivity contribution in [2.24, 2.45) is 11.8 Å². The zero-order valence-corrected chi connectivity index (χ0v) is 18.6. The standard InChI is InChI=1S/C22H24N4O2.2ClH/c1-25-10-16-11-26(22(27)15-5-8-19-20(9-15)24-13-23-19)12-18(16)21(25)14-3-6-17(28-2)7-4-14;;/h3-9,13,16,18,21H,10-12H2,1-2H3,(H,23,24);2*1H/t16-,18+,21-;;/m0../s1. The Hall–Kier alpha value is -2.28. The van der Waals surface area contributed by atoms with E-state index in [1.54, 1.807) is 13.4 Å². The third-order valence-electron chi connectivity index (χ3n) is 6.31. The minimum Gasteiger partial charge on any atom is -0.497 e. The van der Waals surface area contributed by atoms with Gasteiger partial charge in [-0.2, -0.15) is 0 Å². The molecule has 2 aliphatic rings. The summed E-state index contributed by atoms with van der Waals surface area (Å²) in [4.78, 5) is 24.9. The number of carbonyl (C=O) groups is 1. The molecule has 6 nitrogen and oxygen atoms in total. The van der Waals surface area contributed by atoms with E-state index in [-0.39, 0.29) is 30.7 Å². The minimum absolute atomic E-state index is 0. The highest BCUT2D eigenvalue weighted by molar-refractivity contribution is 5.97. The van der Waals surface area contributed by atoms with Crippen LogP contribution in [0.4, 0.5) is 0 Å². The van der Waals surface area contributed by atoms with E-state index >= 15 is 0 Å². The van der Waals surface area contributed by atoms with Gasteiger partial charge >= 0.3 is 0 Å². The van der Waals surface area contributed by atoms with Gasteiger partial charge in [0.2, 0.25) is 0 Å². The summed E-state index contributed by atoms with van der Waals surface area (Å²) in [5.74, 6) is 1.95. The van der Waals surface area contributed by atoms with Gasteiger partial charge in [0.05, 0.1) is 24.5 Å². The molecule has 1 amide bonds. The molecule has 2 saturated heterocycles. The van der Waals surface area contributed by atoms with Crippen LogP contribution in [0, 0.1) is 11.8 Å². The fourth-order valence-electron chi connectivity index (χ4n) is 4.98. The fraction of sp³-hybridized carbons (Fsp3) is 0.364. The second kappa shape index (κ2) is 8.84. The van der Waals surface area contributed by atoms with Crippen molar-refractivity contribution < 1.29 is 9.53 Å². The first kappa shape index (κ1) is 22.4. The lowest BCUT2D eigenvalue weighted by molar-refractivity contribution is 0.0768. The molecule has 5 rings (SSSR count). The lowest BCUT2D eigenvalue weighted by Crippen LogP contribution is -2.33. The number of hydrogen-bond donors (Lipinski definition) is 1. The predicted octanol–water partition coefficient (Wildman–Crippen LogP) is 3.79. The van der Waals surface area contributed by atoms with Crippen molar-refractivity contribution in [3.05, 3.63) is 59.9 Å². The van der Waals surface area contributed by atoms with Crippen LogP contribution in [0.15, 0.2) is 48.8 Å². The molecule has 2 aromatic carbocycles. The summed E-state index contributed by atoms with van der Waals surface area (Å²) in [6, 6.07) is 14.4. The van der Waals surface area contributed by atoms with E-state index in [0.29, 0.717) is 17.9 Å². The molecule has 3 heterocycles. The maximum atomic E-state index is 13.1. The number of ether oxygens (including phenoxy) is 1. The molecule has 160 valence electrons. The molecule has 3 aromatic rings. The van der Waals surface area contributed by atoms with Gasteiger partial charge in [0.25, 0.3) is 5.91 Å². The predicted molar refractivity (Wildman–Crippen MR) is 122 cm³/mol. The summed E-state index contributed by atoms with van der Waals surface area (Å²) in [6.07, 6.45) is 1.66. The number of rotatable bonds is 3. The van der Waals surface area contributed by atoms with Gasteiger partial charge in [0.15, 0.2) is 0 Å². The van der Waals surface area contributed by atoms with Gasteiger partial charge in [-0.3, -0.25) is 9.69 Å². The molecule has 3 atom stereocenters. The van der Waals surface area contributed by atoms with E-state index in [2.05, 4.69) is 34.0 Å². The van der Waals surface area contributed by atoms with Crippen LogP contribution in [0.2, 0.25) is 0 Å². The number of carbonyl (C=O) groups excluding carboxylic acids is 1. The van der Waals surface area contributed by atoms with Gasteiger partial charge < -0.3 is 14.6 Å². The number of nitrogens with one attached hydrogen (secondary N) is 1. The minimum atomic E-state index is 0. The van der Waals surface area contributed by atoms with Crippen molar-refractivity contribution in [3.8, 4) is 5.75 Å². The normalized spacial score (nSPS) is 23.0. The number of methoxy groups -OCH3 is 1. The SMILES string of the molecule is COc1ccc([C@H]2[C@@H]3CN(C(=O)c4ccc5nc[nH]c5c4)C[C@@H]3CN2C)cc1.Cl.Cl. The Morgan fingerprint density at radius 3 is 2.60 bits per heavy atom. The lowest BCUT2D eigenvalue weighted by Gasteiger charge is -2.27. The smallest absolute Gasteiger partial charge is 0.253 e. The fourth-order valence-corrected chi connectivity index (χ4v) is 4.98. The van der Waals surface area contributed by atoms with Gasteiger partial charge in [-0.05, 0) is 48.9 Å². The quantitative estimate of drug-likeness (QED) is 0.661. The van der Waals surface area contributed by atoms with Crippen molar-refractivity contribution in [2.75, 3.05) is 33.8 Å². The first-order valence-corrected chi connectivity index (χ1v) is 9.70. The zero-order valence-electron chi connectivity index (χ0n) is 16.9. The number of H-pyrrole nitrogens is 1. The van der Waals surface area contributed by atoms with Gasteiger partial charge in [-0.1, -0.05) is 12.1 Å². The number of hydrogen-bond acceptors (Lipinski definition) is 4. The highest BCUT2D eigenvalue weighted by atomic mass is 35.5. The van der Waals surface area contributed by atoms with Gasteiger partial charge in [0, 0.05) is 37.2 Å². The van der Waals surface area contributed by atoms with Crippen molar-refractivity contribution in [2.45, 2.75) is 6.04 Å². The number of benzene rings is 2. The van der Waals surface area contributed by atoms with Gasteiger partial charge in [-0.15, -0.1) is 24.8 Å². The molecule has 0 unspecified atom stereocenters. The average molecular weight is 449 g/mol. The van der Waals surface area contributed by atoms with Crippen LogP contribution >= 0.6 is 24.8 Å². The van der Waals surface area contributed by atoms with E-state index in [4.69, 9.17) is 4.74 Å². The largest absolute Gasteiger partial charge is 0.497 e. The number of halogens is 2. The number of aromatic amines is 1. The van der Waals surface area contributed by atoms with Crippen molar-refractivity contribution in [1.29, 1.82) is 0 Å². The van der Waals surface area contributed by atoms with Crippen LogP contribution in [-0.2, 0) is 0 Å². The van der Waals surface area contributed by atoms with Crippen LogP contribution in [0.25, 0.3) is 11.0 Å². The number of aromatic nitrogens is 2. The van der Waals surface area contributed by atoms with E-state index < -0.39 is 0 Å². The monoisotopic (exact) mass is 448 g/mol. The number of amides is 1. The number of nitrogens with zero attached hydrogens (tertiary/aromatic N) is 3. The molecule has 1 N–H and O–H groups in total. The molecule has 0 bridgehead atoms. The zero-order chi connectivity index (χ0) is 19.3. The van der Waals surface area contributed by atoms with Crippen LogP contribution in [0.3, 0.4) is 0 Å². The summed E-state index contributed by atoms with van der Waals surface area (Å²) < 4.78 is 5.29. The average Bonchev–Trinajstić information content (AvgIpc) is 3.41. The molecular weight excluding hydrogens is 423 g/mol. The molecule has 2 aliphatic heterocycles. The Balaban J connectivity index is 0.00000128. The molecule has 30 heavy (non-hydrogen) atoms. The van der Waals surface area contributed by atoms with Crippen LogP contribution in [0.5, 0.6) is 5.75 Å². The Kier molecular flexibility index (Phi) is 6.60. The van der Waals surface area contributed by atoms with Gasteiger partial charge in [-0.25, -0.2) is 4.98 Å². The van der Waals surface area contributed by atoms with Crippen molar-refractivity contribution in [3.63, 3.8) is 0 Å². The summed E-state index contributed by atoms with van der Waals surface area (Å²) in [5, 5.41) is 0. The first-order chi connectivity index (χ1) is 13.6. The highest BCUT2D eigenvalue weighted by Crippen LogP contribution is 2.44. The summed E-state index contributed by atoms with van der Waals surface area (Å²) in [6.45, 7) is 2.64. The van der Waals surface area contributed by atoms with E-state index in [0.717, 1.165) is 42.0 Å². The number of fused-ring (bicyclic) bond motifs is 2. The van der Waals surface area contributed by atoms with E-state index in [1.165, 1.54) is 5.56 Å². The van der Waals surface area contributed by atoms with Crippen molar-refractivity contribution in [1.82, 2.24) is 19.8 Å². The number of imidazole rings is 1. The maximum Gasteiger partial charge on any atom is 0.253 e. The number of likely N-dealkylation sites (tertiary alicyclic amines) is 2. The Bertz CT molecular complexity index is 1020. The molecule has 0 aliphatic carbocycles. The first-order valence-electron chi connectivity index (χ1n) is 9.70. The van der Waals surface area contributed by atoms with E-state index in [1.807, 2.05) is 35.2 Å². The maximum absolute atomic E-state index is 13.1. The topological polar surface area (TPSA) is 61.5 Å².